The van der Waals surface area contributed by atoms with E-state index in [4.69, 9.17) is 4.74 Å². The van der Waals surface area contributed by atoms with E-state index in [1.54, 1.807) is 12.3 Å². The SMILES string of the molecule is CCOC(=O)c1ccnc(CCC2(c3ccccc3)C=CC=CC2)c1. The number of rotatable bonds is 6. The second-order valence-corrected chi connectivity index (χ2v) is 6.27. The molecule has 1 unspecified atom stereocenters. The second-order valence-electron chi connectivity index (χ2n) is 6.27. The van der Waals surface area contributed by atoms with E-state index in [1.807, 2.05) is 19.1 Å². The first kappa shape index (κ1) is 17.2. The van der Waals surface area contributed by atoms with Gasteiger partial charge in [0.1, 0.15) is 0 Å². The normalized spacial score (nSPS) is 18.9. The van der Waals surface area contributed by atoms with Gasteiger partial charge in [0.25, 0.3) is 0 Å². The van der Waals surface area contributed by atoms with Crippen molar-refractivity contribution in [1.29, 1.82) is 0 Å². The van der Waals surface area contributed by atoms with Crippen molar-refractivity contribution in [3.8, 4) is 0 Å². The molecule has 0 amide bonds. The highest BCUT2D eigenvalue weighted by Gasteiger charge is 2.29. The Morgan fingerprint density at radius 3 is 2.76 bits per heavy atom. The zero-order chi connectivity index (χ0) is 17.5. The number of carbonyl (C=O) groups is 1. The van der Waals surface area contributed by atoms with Crippen LogP contribution in [0.5, 0.6) is 0 Å². The largest absolute Gasteiger partial charge is 0.462 e. The smallest absolute Gasteiger partial charge is 0.338 e. The van der Waals surface area contributed by atoms with Gasteiger partial charge in [-0.15, -0.1) is 0 Å². The van der Waals surface area contributed by atoms with Gasteiger partial charge in [0.2, 0.25) is 0 Å². The summed E-state index contributed by atoms with van der Waals surface area (Å²) in [5.41, 5.74) is 2.79. The number of benzene rings is 1. The fourth-order valence-corrected chi connectivity index (χ4v) is 3.29. The predicted molar refractivity (Wildman–Crippen MR) is 99.5 cm³/mol. The number of hydrogen-bond donors (Lipinski definition) is 0. The summed E-state index contributed by atoms with van der Waals surface area (Å²) in [7, 11) is 0. The van der Waals surface area contributed by atoms with Gasteiger partial charge in [0.15, 0.2) is 0 Å². The van der Waals surface area contributed by atoms with Crippen molar-refractivity contribution in [1.82, 2.24) is 4.98 Å². The molecule has 0 saturated carbocycles. The third kappa shape index (κ3) is 4.05. The molecule has 3 heteroatoms. The second kappa shape index (κ2) is 7.93. The predicted octanol–water partition coefficient (Wildman–Crippen LogP) is 4.65. The molecule has 0 radical (unpaired) electrons. The lowest BCUT2D eigenvalue weighted by Crippen LogP contribution is -2.25. The Hall–Kier alpha value is -2.68. The maximum absolute atomic E-state index is 11.9. The molecule has 1 heterocycles. The molecule has 25 heavy (non-hydrogen) atoms. The molecule has 3 nitrogen and oxygen atoms in total. The van der Waals surface area contributed by atoms with Crippen LogP contribution in [0.25, 0.3) is 0 Å². The van der Waals surface area contributed by atoms with E-state index in [-0.39, 0.29) is 11.4 Å². The quantitative estimate of drug-likeness (QED) is 0.723. The molecule has 128 valence electrons. The van der Waals surface area contributed by atoms with Crippen LogP contribution < -0.4 is 0 Å². The van der Waals surface area contributed by atoms with Crippen molar-refractivity contribution < 1.29 is 9.53 Å². The fourth-order valence-electron chi connectivity index (χ4n) is 3.29. The van der Waals surface area contributed by atoms with Crippen LogP contribution >= 0.6 is 0 Å². The Bertz CT molecular complexity index is 780. The van der Waals surface area contributed by atoms with E-state index in [9.17, 15) is 4.79 Å². The molecule has 1 aliphatic rings. The summed E-state index contributed by atoms with van der Waals surface area (Å²) in [4.78, 5) is 16.4. The van der Waals surface area contributed by atoms with Gasteiger partial charge in [-0.25, -0.2) is 4.79 Å². The third-order valence-electron chi connectivity index (χ3n) is 4.65. The molecule has 3 rings (SSSR count). The molecule has 0 saturated heterocycles. The number of nitrogens with zero attached hydrogens (tertiary/aromatic N) is 1. The van der Waals surface area contributed by atoms with Gasteiger partial charge < -0.3 is 4.74 Å². The molecule has 1 atom stereocenters. The Balaban J connectivity index is 1.79. The molecular weight excluding hydrogens is 310 g/mol. The van der Waals surface area contributed by atoms with Crippen LogP contribution in [0.3, 0.4) is 0 Å². The topological polar surface area (TPSA) is 39.2 Å². The summed E-state index contributed by atoms with van der Waals surface area (Å²) in [5, 5.41) is 0. The summed E-state index contributed by atoms with van der Waals surface area (Å²) in [6.45, 7) is 2.19. The van der Waals surface area contributed by atoms with Crippen LogP contribution in [-0.2, 0) is 16.6 Å². The number of aryl methyl sites for hydroxylation is 1. The maximum Gasteiger partial charge on any atom is 0.338 e. The Labute approximate surface area is 149 Å². The van der Waals surface area contributed by atoms with Gasteiger partial charge in [-0.3, -0.25) is 4.98 Å². The Morgan fingerprint density at radius 2 is 2.04 bits per heavy atom. The molecule has 0 bridgehead atoms. The summed E-state index contributed by atoms with van der Waals surface area (Å²) < 4.78 is 5.08. The molecule has 0 aliphatic heterocycles. The number of carbonyl (C=O) groups excluding carboxylic acids is 1. The minimum atomic E-state index is -0.288. The van der Waals surface area contributed by atoms with Crippen LogP contribution in [0.4, 0.5) is 0 Å². The molecule has 0 N–H and O–H groups in total. The van der Waals surface area contributed by atoms with Crippen molar-refractivity contribution >= 4 is 5.97 Å². The van der Waals surface area contributed by atoms with Crippen LogP contribution in [0.1, 0.15) is 41.4 Å². The van der Waals surface area contributed by atoms with Crippen molar-refractivity contribution in [3.05, 3.63) is 89.8 Å². The van der Waals surface area contributed by atoms with Gasteiger partial charge in [0, 0.05) is 17.3 Å². The minimum absolute atomic E-state index is 0.0162. The Morgan fingerprint density at radius 1 is 1.20 bits per heavy atom. The molecular formula is C22H23NO2. The van der Waals surface area contributed by atoms with Gasteiger partial charge in [-0.2, -0.15) is 0 Å². The van der Waals surface area contributed by atoms with E-state index >= 15 is 0 Å². The van der Waals surface area contributed by atoms with Crippen LogP contribution in [0, 0.1) is 0 Å². The highest BCUT2D eigenvalue weighted by Crippen LogP contribution is 2.37. The first-order valence-corrected chi connectivity index (χ1v) is 8.75. The zero-order valence-electron chi connectivity index (χ0n) is 14.5. The number of pyridine rings is 1. The van der Waals surface area contributed by atoms with E-state index in [2.05, 4.69) is 53.6 Å². The lowest BCUT2D eigenvalue weighted by atomic mass is 9.72. The van der Waals surface area contributed by atoms with Crippen molar-refractivity contribution in [2.45, 2.75) is 31.6 Å². The van der Waals surface area contributed by atoms with Crippen LogP contribution in [0.2, 0.25) is 0 Å². The summed E-state index contributed by atoms with van der Waals surface area (Å²) in [5.74, 6) is -0.288. The zero-order valence-corrected chi connectivity index (χ0v) is 14.5. The molecule has 1 aromatic heterocycles. The van der Waals surface area contributed by atoms with E-state index in [1.165, 1.54) is 5.56 Å². The van der Waals surface area contributed by atoms with Crippen LogP contribution in [0.15, 0.2) is 73.0 Å². The summed E-state index contributed by atoms with van der Waals surface area (Å²) in [6, 6.07) is 14.1. The molecule has 2 aromatic rings. The first-order chi connectivity index (χ1) is 12.2. The number of allylic oxidation sites excluding steroid dienone is 4. The summed E-state index contributed by atoms with van der Waals surface area (Å²) >= 11 is 0. The summed E-state index contributed by atoms with van der Waals surface area (Å²) in [6.07, 6.45) is 13.1. The van der Waals surface area contributed by atoms with Gasteiger partial charge in [0.05, 0.1) is 12.2 Å². The van der Waals surface area contributed by atoms with Crippen molar-refractivity contribution in [2.75, 3.05) is 6.61 Å². The Kier molecular flexibility index (Phi) is 5.44. The van der Waals surface area contributed by atoms with E-state index in [0.29, 0.717) is 12.2 Å². The van der Waals surface area contributed by atoms with Crippen molar-refractivity contribution in [2.24, 2.45) is 0 Å². The number of aromatic nitrogens is 1. The molecule has 1 aromatic carbocycles. The number of hydrogen-bond acceptors (Lipinski definition) is 3. The highest BCUT2D eigenvalue weighted by atomic mass is 16.5. The lowest BCUT2D eigenvalue weighted by molar-refractivity contribution is 0.0526. The minimum Gasteiger partial charge on any atom is -0.462 e. The molecule has 0 fully saturated rings. The monoisotopic (exact) mass is 333 g/mol. The average Bonchev–Trinajstić information content (AvgIpc) is 2.68. The average molecular weight is 333 g/mol. The third-order valence-corrected chi connectivity index (χ3v) is 4.65. The highest BCUT2D eigenvalue weighted by molar-refractivity contribution is 5.89. The van der Waals surface area contributed by atoms with Gasteiger partial charge in [-0.1, -0.05) is 54.6 Å². The number of ether oxygens (including phenoxy) is 1. The lowest BCUT2D eigenvalue weighted by Gasteiger charge is -2.32. The first-order valence-electron chi connectivity index (χ1n) is 8.75. The number of esters is 1. The fraction of sp³-hybridized carbons (Fsp3) is 0.273. The van der Waals surface area contributed by atoms with Gasteiger partial charge >= 0.3 is 5.97 Å². The van der Waals surface area contributed by atoms with E-state index < -0.39 is 0 Å². The van der Waals surface area contributed by atoms with Crippen molar-refractivity contribution in [3.63, 3.8) is 0 Å². The standard InChI is InChI=1S/C22H23NO2/c1-2-25-21(24)18-12-16-23-20(17-18)11-15-22(13-7-4-8-14-22)19-9-5-3-6-10-19/h3-10,12-13,16-17H,2,11,14-15H2,1H3. The van der Waals surface area contributed by atoms with Crippen LogP contribution in [-0.4, -0.2) is 17.6 Å². The maximum atomic E-state index is 11.9. The molecule has 1 aliphatic carbocycles. The van der Waals surface area contributed by atoms with E-state index in [0.717, 1.165) is 25.0 Å². The molecule has 0 spiro atoms. The van der Waals surface area contributed by atoms with Gasteiger partial charge in [-0.05, 0) is 43.9 Å².